The van der Waals surface area contributed by atoms with Crippen molar-refractivity contribution in [2.45, 2.75) is 0 Å². The van der Waals surface area contributed by atoms with Crippen LogP contribution in [0.4, 0.5) is 5.69 Å². The van der Waals surface area contributed by atoms with Crippen molar-refractivity contribution in [1.82, 2.24) is 10.6 Å². The lowest BCUT2D eigenvalue weighted by atomic mass is 10.2. The molecule has 5 nitrogen and oxygen atoms in total. The van der Waals surface area contributed by atoms with E-state index in [2.05, 4.69) is 16.0 Å². The molecule has 0 saturated heterocycles. The van der Waals surface area contributed by atoms with Crippen LogP contribution in [0.3, 0.4) is 0 Å². The van der Waals surface area contributed by atoms with Gasteiger partial charge in [-0.15, -0.1) is 0 Å². The highest BCUT2D eigenvalue weighted by Crippen LogP contribution is 2.09. The third-order valence-electron chi connectivity index (χ3n) is 2.08. The van der Waals surface area contributed by atoms with Gasteiger partial charge in [0.2, 0.25) is 5.91 Å². The predicted molar refractivity (Wildman–Crippen MR) is 62.4 cm³/mol. The molecule has 0 aliphatic rings. The van der Waals surface area contributed by atoms with Crippen LogP contribution in [0.25, 0.3) is 0 Å². The van der Waals surface area contributed by atoms with Gasteiger partial charge in [-0.25, -0.2) is 0 Å². The van der Waals surface area contributed by atoms with Crippen molar-refractivity contribution in [3.63, 3.8) is 0 Å². The molecule has 3 N–H and O–H groups in total. The first-order valence-electron chi connectivity index (χ1n) is 4.94. The van der Waals surface area contributed by atoms with Gasteiger partial charge in [-0.1, -0.05) is 6.07 Å². The maximum absolute atomic E-state index is 11.3. The number of hydrogen-bond acceptors (Lipinski definition) is 3. The molecule has 0 unspecified atom stereocenters. The molecule has 0 aliphatic heterocycles. The molecule has 0 fully saturated rings. The first-order chi connectivity index (χ1) is 7.67. The highest BCUT2D eigenvalue weighted by molar-refractivity contribution is 5.95. The smallest absolute Gasteiger partial charge is 0.251 e. The molecule has 0 aromatic heterocycles. The minimum absolute atomic E-state index is 0.106. The van der Waals surface area contributed by atoms with Crippen molar-refractivity contribution in [2.24, 2.45) is 0 Å². The highest BCUT2D eigenvalue weighted by atomic mass is 16.2. The molecular formula is C11H15N3O2. The molecule has 0 bridgehead atoms. The van der Waals surface area contributed by atoms with Crippen molar-refractivity contribution in [2.75, 3.05) is 26.0 Å². The molecule has 86 valence electrons. The van der Waals surface area contributed by atoms with E-state index < -0.39 is 0 Å². The maximum atomic E-state index is 11.3. The Morgan fingerprint density at radius 2 is 1.94 bits per heavy atom. The first-order valence-corrected chi connectivity index (χ1v) is 4.94. The number of anilines is 1. The number of carbonyl (C=O) groups is 2. The Balaban J connectivity index is 2.67. The number of nitrogens with one attached hydrogen (secondary N) is 3. The summed E-state index contributed by atoms with van der Waals surface area (Å²) in [5, 5.41) is 7.96. The summed E-state index contributed by atoms with van der Waals surface area (Å²) < 4.78 is 0. The molecule has 0 atom stereocenters. The summed E-state index contributed by atoms with van der Waals surface area (Å²) in [7, 11) is 3.15. The van der Waals surface area contributed by atoms with Gasteiger partial charge in [-0.3, -0.25) is 9.59 Å². The van der Waals surface area contributed by atoms with Crippen molar-refractivity contribution in [3.8, 4) is 0 Å². The number of likely N-dealkylation sites (N-methyl/N-ethyl adjacent to an activating group) is 1. The zero-order valence-electron chi connectivity index (χ0n) is 9.33. The van der Waals surface area contributed by atoms with Crippen molar-refractivity contribution in [1.29, 1.82) is 0 Å². The van der Waals surface area contributed by atoms with E-state index in [1.54, 1.807) is 38.4 Å². The summed E-state index contributed by atoms with van der Waals surface area (Å²) in [5.41, 5.74) is 1.30. The number of hydrogen-bond donors (Lipinski definition) is 3. The zero-order valence-corrected chi connectivity index (χ0v) is 9.33. The summed E-state index contributed by atoms with van der Waals surface area (Å²) in [6.45, 7) is 0.188. The summed E-state index contributed by atoms with van der Waals surface area (Å²) in [4.78, 5) is 22.3. The largest absolute Gasteiger partial charge is 0.376 e. The lowest BCUT2D eigenvalue weighted by Crippen LogP contribution is -2.26. The molecule has 0 heterocycles. The van der Waals surface area contributed by atoms with Crippen LogP contribution in [0, 0.1) is 0 Å². The summed E-state index contributed by atoms with van der Waals surface area (Å²) in [6, 6.07) is 6.97. The quantitative estimate of drug-likeness (QED) is 0.680. The highest BCUT2D eigenvalue weighted by Gasteiger charge is 2.04. The Labute approximate surface area is 94.2 Å². The lowest BCUT2D eigenvalue weighted by Gasteiger charge is -2.06. The zero-order chi connectivity index (χ0) is 12.0. The second kappa shape index (κ2) is 5.75. The van der Waals surface area contributed by atoms with Crippen LogP contribution < -0.4 is 16.0 Å². The van der Waals surface area contributed by atoms with Crippen LogP contribution in [0.1, 0.15) is 10.4 Å². The van der Waals surface area contributed by atoms with E-state index in [4.69, 9.17) is 0 Å². The minimum Gasteiger partial charge on any atom is -0.376 e. The van der Waals surface area contributed by atoms with E-state index in [0.29, 0.717) is 5.56 Å². The summed E-state index contributed by atoms with van der Waals surface area (Å²) in [6.07, 6.45) is 0. The molecule has 1 aromatic carbocycles. The molecule has 0 spiro atoms. The van der Waals surface area contributed by atoms with Gasteiger partial charge in [0, 0.05) is 25.3 Å². The van der Waals surface area contributed by atoms with Crippen LogP contribution in [0.15, 0.2) is 24.3 Å². The number of amides is 2. The van der Waals surface area contributed by atoms with E-state index in [0.717, 1.165) is 5.69 Å². The molecule has 5 heteroatoms. The Hall–Kier alpha value is -2.04. The van der Waals surface area contributed by atoms with Gasteiger partial charge >= 0.3 is 0 Å². The molecule has 1 aromatic rings. The van der Waals surface area contributed by atoms with E-state index >= 15 is 0 Å². The minimum atomic E-state index is -0.149. The molecule has 2 amide bonds. The van der Waals surface area contributed by atoms with E-state index in [1.807, 2.05) is 0 Å². The fourth-order valence-electron chi connectivity index (χ4n) is 1.19. The SMILES string of the molecule is CNC(=O)CNc1cccc(C(=O)NC)c1. The maximum Gasteiger partial charge on any atom is 0.251 e. The standard InChI is InChI=1S/C11H15N3O2/c1-12-10(15)7-14-9-5-3-4-8(6-9)11(16)13-2/h3-6,14H,7H2,1-2H3,(H,12,15)(H,13,16). The Morgan fingerprint density at radius 1 is 1.19 bits per heavy atom. The van der Waals surface area contributed by atoms with Crippen molar-refractivity contribution < 1.29 is 9.59 Å². The molecule has 0 aliphatic carbocycles. The lowest BCUT2D eigenvalue weighted by molar-refractivity contribution is -0.118. The van der Waals surface area contributed by atoms with Crippen LogP contribution in [0.2, 0.25) is 0 Å². The summed E-state index contributed by atoms with van der Waals surface area (Å²) in [5.74, 6) is -0.256. The monoisotopic (exact) mass is 221 g/mol. The van der Waals surface area contributed by atoms with Gasteiger partial charge < -0.3 is 16.0 Å². The number of benzene rings is 1. The van der Waals surface area contributed by atoms with E-state index in [9.17, 15) is 9.59 Å². The topological polar surface area (TPSA) is 70.2 Å². The molecular weight excluding hydrogens is 206 g/mol. The predicted octanol–water partition coefficient (Wildman–Crippen LogP) is 0.204. The van der Waals surface area contributed by atoms with E-state index in [-0.39, 0.29) is 18.4 Å². The third-order valence-corrected chi connectivity index (χ3v) is 2.08. The molecule has 16 heavy (non-hydrogen) atoms. The third kappa shape index (κ3) is 3.27. The van der Waals surface area contributed by atoms with Gasteiger partial charge in [-0.2, -0.15) is 0 Å². The van der Waals surface area contributed by atoms with E-state index in [1.165, 1.54) is 0 Å². The van der Waals surface area contributed by atoms with Crippen molar-refractivity contribution in [3.05, 3.63) is 29.8 Å². The molecule has 0 saturated carbocycles. The fourth-order valence-corrected chi connectivity index (χ4v) is 1.19. The Bertz CT molecular complexity index is 391. The number of carbonyl (C=O) groups excluding carboxylic acids is 2. The van der Waals surface area contributed by atoms with Crippen LogP contribution in [-0.2, 0) is 4.79 Å². The van der Waals surface area contributed by atoms with Crippen LogP contribution >= 0.6 is 0 Å². The Kier molecular flexibility index (Phi) is 4.32. The van der Waals surface area contributed by atoms with Gasteiger partial charge in [0.25, 0.3) is 5.91 Å². The second-order valence-corrected chi connectivity index (χ2v) is 3.19. The number of rotatable bonds is 4. The molecule has 0 radical (unpaired) electrons. The first kappa shape index (κ1) is 12.0. The second-order valence-electron chi connectivity index (χ2n) is 3.19. The average molecular weight is 221 g/mol. The fraction of sp³-hybridized carbons (Fsp3) is 0.273. The van der Waals surface area contributed by atoms with Gasteiger partial charge in [0.05, 0.1) is 6.54 Å². The van der Waals surface area contributed by atoms with Crippen molar-refractivity contribution >= 4 is 17.5 Å². The van der Waals surface area contributed by atoms with Crippen LogP contribution in [0.5, 0.6) is 0 Å². The van der Waals surface area contributed by atoms with Gasteiger partial charge in [0.15, 0.2) is 0 Å². The normalized spacial score (nSPS) is 9.38. The molecule has 1 rings (SSSR count). The average Bonchev–Trinajstić information content (AvgIpc) is 2.35. The summed E-state index contributed by atoms with van der Waals surface area (Å²) >= 11 is 0. The van der Waals surface area contributed by atoms with Crippen LogP contribution in [-0.4, -0.2) is 32.5 Å². The van der Waals surface area contributed by atoms with Gasteiger partial charge in [-0.05, 0) is 18.2 Å². The van der Waals surface area contributed by atoms with Gasteiger partial charge in [0.1, 0.15) is 0 Å². The Morgan fingerprint density at radius 3 is 2.56 bits per heavy atom.